The van der Waals surface area contributed by atoms with E-state index < -0.39 is 0 Å². The van der Waals surface area contributed by atoms with Crippen molar-refractivity contribution < 1.29 is 4.79 Å². The zero-order chi connectivity index (χ0) is 15.5. The third kappa shape index (κ3) is 3.48. The van der Waals surface area contributed by atoms with Crippen LogP contribution in [0.15, 0.2) is 35.6 Å². The predicted molar refractivity (Wildman–Crippen MR) is 88.7 cm³/mol. The van der Waals surface area contributed by atoms with Gasteiger partial charge in [-0.3, -0.25) is 4.79 Å². The average molecular weight is 287 g/mol. The zero-order valence-corrected chi connectivity index (χ0v) is 14.0. The molecule has 2 unspecified atom stereocenters. The van der Waals surface area contributed by atoms with Gasteiger partial charge in [0.25, 0.3) is 0 Å². The Kier molecular flexibility index (Phi) is 5.08. The molecule has 2 nitrogen and oxygen atoms in total. The maximum absolute atomic E-state index is 12.8. The molecule has 0 aromatic carbocycles. The normalized spacial score (nSPS) is 24.6. The zero-order valence-electron chi connectivity index (χ0n) is 14.0. The second-order valence-corrected chi connectivity index (χ2v) is 6.74. The number of nitrogens with zero attached hydrogens (tertiary/aromatic N) is 1. The van der Waals surface area contributed by atoms with Gasteiger partial charge in [-0.25, -0.2) is 0 Å². The van der Waals surface area contributed by atoms with E-state index in [9.17, 15) is 4.79 Å². The van der Waals surface area contributed by atoms with Gasteiger partial charge in [-0.05, 0) is 31.4 Å². The van der Waals surface area contributed by atoms with Gasteiger partial charge in [0.2, 0.25) is 5.91 Å². The molecule has 2 aliphatic rings. The monoisotopic (exact) mass is 287 g/mol. The summed E-state index contributed by atoms with van der Waals surface area (Å²) < 4.78 is 0. The van der Waals surface area contributed by atoms with E-state index in [0.717, 1.165) is 31.5 Å². The average Bonchev–Trinajstić information content (AvgIpc) is 2.78. The lowest BCUT2D eigenvalue weighted by atomic mass is 9.85. The summed E-state index contributed by atoms with van der Waals surface area (Å²) in [6.45, 7) is 9.35. The number of fused-ring (bicyclic) bond motifs is 2. The van der Waals surface area contributed by atoms with E-state index in [1.54, 1.807) is 0 Å². The van der Waals surface area contributed by atoms with Crippen LogP contribution in [0.25, 0.3) is 0 Å². The Morgan fingerprint density at radius 3 is 2.67 bits per heavy atom. The summed E-state index contributed by atoms with van der Waals surface area (Å²) >= 11 is 0. The summed E-state index contributed by atoms with van der Waals surface area (Å²) in [7, 11) is 0. The van der Waals surface area contributed by atoms with Crippen molar-refractivity contribution in [3.05, 3.63) is 35.6 Å². The fourth-order valence-electron chi connectivity index (χ4n) is 3.28. The molecule has 2 bridgehead atoms. The Bertz CT molecular complexity index is 486. The number of rotatable bonds is 7. The first-order valence-electron chi connectivity index (χ1n) is 8.43. The lowest BCUT2D eigenvalue weighted by Crippen LogP contribution is -2.35. The summed E-state index contributed by atoms with van der Waals surface area (Å²) in [5.41, 5.74) is 2.61. The van der Waals surface area contributed by atoms with Crippen molar-refractivity contribution in [1.82, 2.24) is 4.90 Å². The minimum atomic E-state index is 0.122. The Balaban J connectivity index is 2.08. The number of likely N-dealkylation sites (N-methyl/N-ethyl adjacent to an activating group) is 1. The number of amides is 1. The molecule has 2 atom stereocenters. The highest BCUT2D eigenvalue weighted by Gasteiger charge is 2.32. The second kappa shape index (κ2) is 6.64. The van der Waals surface area contributed by atoms with Crippen LogP contribution in [0.1, 0.15) is 59.8 Å². The van der Waals surface area contributed by atoms with Crippen LogP contribution < -0.4 is 0 Å². The van der Waals surface area contributed by atoms with Gasteiger partial charge >= 0.3 is 0 Å². The van der Waals surface area contributed by atoms with E-state index >= 15 is 0 Å². The molecule has 0 N–H and O–H groups in total. The van der Waals surface area contributed by atoms with E-state index in [4.69, 9.17) is 0 Å². The standard InChI is InChI=1S/C19H29NO/c1-5-7-8-9-15(3)18(21)20(6-2)17-11-13-19(4)12-10-16(17)14-19/h10-13,15H,5-9,14H2,1-4H3. The minimum Gasteiger partial charge on any atom is -0.312 e. The Hall–Kier alpha value is -1.31. The van der Waals surface area contributed by atoms with E-state index in [-0.39, 0.29) is 17.2 Å². The highest BCUT2D eigenvalue weighted by atomic mass is 16.2. The van der Waals surface area contributed by atoms with Crippen LogP contribution in [-0.4, -0.2) is 17.4 Å². The molecule has 2 rings (SSSR count). The summed E-state index contributed by atoms with van der Waals surface area (Å²) in [6, 6.07) is 0. The van der Waals surface area contributed by atoms with Crippen molar-refractivity contribution >= 4 is 5.91 Å². The van der Waals surface area contributed by atoms with Gasteiger partial charge in [-0.1, -0.05) is 58.3 Å². The van der Waals surface area contributed by atoms with Gasteiger partial charge in [-0.2, -0.15) is 0 Å². The van der Waals surface area contributed by atoms with Crippen molar-refractivity contribution in [2.24, 2.45) is 11.3 Å². The van der Waals surface area contributed by atoms with E-state index in [0.29, 0.717) is 0 Å². The number of unbranched alkanes of at least 4 members (excludes halogenated alkanes) is 2. The molecule has 0 saturated carbocycles. The van der Waals surface area contributed by atoms with Gasteiger partial charge in [-0.15, -0.1) is 0 Å². The number of carbonyl (C=O) groups excluding carboxylic acids is 1. The number of hydrogen-bond donors (Lipinski definition) is 0. The van der Waals surface area contributed by atoms with Crippen LogP contribution in [0.2, 0.25) is 0 Å². The summed E-state index contributed by atoms with van der Waals surface area (Å²) in [5.74, 6) is 0.404. The number of carbonyl (C=O) groups is 1. The first-order chi connectivity index (χ1) is 10.0. The number of hydrogen-bond acceptors (Lipinski definition) is 1. The molecule has 0 aromatic rings. The highest BCUT2D eigenvalue weighted by Crippen LogP contribution is 2.42. The molecule has 0 fully saturated rings. The third-order valence-corrected chi connectivity index (χ3v) is 4.72. The Labute approximate surface area is 129 Å². The summed E-state index contributed by atoms with van der Waals surface area (Å²) in [4.78, 5) is 14.7. The molecule has 0 aromatic heterocycles. The SMILES string of the molecule is CCCCCC(C)C(=O)N(CC)C1=C2C=CC(C)(C=C1)C2. The molecule has 1 amide bonds. The van der Waals surface area contributed by atoms with Gasteiger partial charge in [0.05, 0.1) is 0 Å². The fraction of sp³-hybridized carbons (Fsp3) is 0.632. The van der Waals surface area contributed by atoms with Crippen LogP contribution in [0.4, 0.5) is 0 Å². The molecule has 0 saturated heterocycles. The molecule has 116 valence electrons. The van der Waals surface area contributed by atoms with Gasteiger partial charge in [0.15, 0.2) is 0 Å². The predicted octanol–water partition coefficient (Wildman–Crippen LogP) is 4.84. The molecule has 0 aliphatic heterocycles. The van der Waals surface area contributed by atoms with Crippen LogP contribution in [-0.2, 0) is 4.79 Å². The molecular formula is C19H29NO. The minimum absolute atomic E-state index is 0.122. The van der Waals surface area contributed by atoms with E-state index in [1.165, 1.54) is 18.4 Å². The van der Waals surface area contributed by atoms with Crippen molar-refractivity contribution in [1.29, 1.82) is 0 Å². The van der Waals surface area contributed by atoms with Crippen LogP contribution in [0, 0.1) is 11.3 Å². The van der Waals surface area contributed by atoms with E-state index in [2.05, 4.69) is 52.0 Å². The topological polar surface area (TPSA) is 20.3 Å². The first kappa shape index (κ1) is 16.1. The van der Waals surface area contributed by atoms with Crippen molar-refractivity contribution in [2.45, 2.75) is 59.8 Å². The quantitative estimate of drug-likeness (QED) is 0.613. The summed E-state index contributed by atoms with van der Waals surface area (Å²) in [5, 5.41) is 0. The Morgan fingerprint density at radius 2 is 2.00 bits per heavy atom. The molecule has 0 heterocycles. The van der Waals surface area contributed by atoms with Crippen LogP contribution in [0.5, 0.6) is 0 Å². The molecule has 21 heavy (non-hydrogen) atoms. The lowest BCUT2D eigenvalue weighted by Gasteiger charge is -2.30. The highest BCUT2D eigenvalue weighted by molar-refractivity contribution is 5.81. The third-order valence-electron chi connectivity index (χ3n) is 4.72. The summed E-state index contributed by atoms with van der Waals surface area (Å²) in [6.07, 6.45) is 14.5. The van der Waals surface area contributed by atoms with Gasteiger partial charge < -0.3 is 4.90 Å². The maximum atomic E-state index is 12.8. The van der Waals surface area contributed by atoms with Crippen molar-refractivity contribution in [3.63, 3.8) is 0 Å². The van der Waals surface area contributed by atoms with Crippen molar-refractivity contribution in [3.8, 4) is 0 Å². The lowest BCUT2D eigenvalue weighted by molar-refractivity contribution is -0.132. The largest absolute Gasteiger partial charge is 0.312 e. The maximum Gasteiger partial charge on any atom is 0.229 e. The molecule has 0 radical (unpaired) electrons. The van der Waals surface area contributed by atoms with Crippen LogP contribution in [0.3, 0.4) is 0 Å². The molecular weight excluding hydrogens is 258 g/mol. The fourth-order valence-corrected chi connectivity index (χ4v) is 3.28. The number of allylic oxidation sites excluding steroid dienone is 5. The molecule has 2 heteroatoms. The van der Waals surface area contributed by atoms with E-state index in [1.807, 2.05) is 4.90 Å². The van der Waals surface area contributed by atoms with Crippen molar-refractivity contribution in [2.75, 3.05) is 6.54 Å². The molecule has 2 aliphatic carbocycles. The smallest absolute Gasteiger partial charge is 0.229 e. The second-order valence-electron chi connectivity index (χ2n) is 6.74. The van der Waals surface area contributed by atoms with Gasteiger partial charge in [0, 0.05) is 23.6 Å². The Morgan fingerprint density at radius 1 is 1.29 bits per heavy atom. The van der Waals surface area contributed by atoms with Crippen LogP contribution >= 0.6 is 0 Å². The first-order valence-corrected chi connectivity index (χ1v) is 8.43. The molecule has 0 spiro atoms. The van der Waals surface area contributed by atoms with Gasteiger partial charge in [0.1, 0.15) is 0 Å².